The van der Waals surface area contributed by atoms with Gasteiger partial charge in [-0.15, -0.1) is 0 Å². The summed E-state index contributed by atoms with van der Waals surface area (Å²) in [5.41, 5.74) is 6.31. The molecule has 3 atom stereocenters. The molecule has 0 bridgehead atoms. The fourth-order valence-corrected chi connectivity index (χ4v) is 3.90. The lowest BCUT2D eigenvalue weighted by molar-refractivity contribution is -0.122. The lowest BCUT2D eigenvalue weighted by Crippen LogP contribution is -2.68. The molecule has 7 nitrogen and oxygen atoms in total. The normalized spacial score (nSPS) is 29.5. The van der Waals surface area contributed by atoms with Crippen molar-refractivity contribution >= 4 is 11.6 Å². The van der Waals surface area contributed by atoms with Gasteiger partial charge in [0.05, 0.1) is 17.9 Å². The van der Waals surface area contributed by atoms with Gasteiger partial charge in [0.1, 0.15) is 12.5 Å². The van der Waals surface area contributed by atoms with Crippen molar-refractivity contribution in [2.75, 3.05) is 25.3 Å². The van der Waals surface area contributed by atoms with Gasteiger partial charge in [-0.25, -0.2) is 5.43 Å². The van der Waals surface area contributed by atoms with Crippen LogP contribution in [0, 0.1) is 6.92 Å². The van der Waals surface area contributed by atoms with E-state index in [1.807, 2.05) is 29.4 Å². The van der Waals surface area contributed by atoms with Crippen LogP contribution in [0.3, 0.4) is 0 Å². The predicted octanol–water partition coefficient (Wildman–Crippen LogP) is 0.643. The number of amides is 1. The quantitative estimate of drug-likeness (QED) is 0.746. The number of hydrogen-bond donors (Lipinski definition) is 3. The molecular formula is C18H25N5O2. The van der Waals surface area contributed by atoms with E-state index >= 15 is 0 Å². The van der Waals surface area contributed by atoms with Crippen LogP contribution in [0.15, 0.2) is 36.0 Å². The number of fused-ring (bicyclic) bond motifs is 1. The number of likely N-dealkylation sites (tertiary alicyclic amines) is 1. The second-order valence-electron chi connectivity index (χ2n) is 6.83. The Labute approximate surface area is 148 Å². The van der Waals surface area contributed by atoms with Crippen molar-refractivity contribution in [3.8, 4) is 0 Å². The minimum absolute atomic E-state index is 0.0274. The summed E-state index contributed by atoms with van der Waals surface area (Å²) in [5, 5.41) is 8.53. The van der Waals surface area contributed by atoms with E-state index in [0.29, 0.717) is 18.2 Å². The summed E-state index contributed by atoms with van der Waals surface area (Å²) in [6.07, 6.45) is 3.72. The molecule has 1 amide bonds. The number of anilines is 1. The number of ether oxygens (including phenoxy) is 1. The Bertz CT molecular complexity index is 692. The monoisotopic (exact) mass is 343 g/mol. The summed E-state index contributed by atoms with van der Waals surface area (Å²) in [7, 11) is 1.73. The molecule has 3 N–H and O–H groups in total. The van der Waals surface area contributed by atoms with Gasteiger partial charge >= 0.3 is 0 Å². The van der Waals surface area contributed by atoms with E-state index < -0.39 is 0 Å². The van der Waals surface area contributed by atoms with Crippen molar-refractivity contribution in [2.45, 2.75) is 38.3 Å². The van der Waals surface area contributed by atoms with E-state index in [-0.39, 0.29) is 18.4 Å². The maximum absolute atomic E-state index is 12.6. The van der Waals surface area contributed by atoms with Crippen molar-refractivity contribution in [2.24, 2.45) is 0 Å². The molecule has 25 heavy (non-hydrogen) atoms. The second-order valence-corrected chi connectivity index (χ2v) is 6.83. The fourth-order valence-electron chi connectivity index (χ4n) is 3.90. The Balaban J connectivity index is 1.50. The van der Waals surface area contributed by atoms with Gasteiger partial charge in [-0.3, -0.25) is 20.0 Å². The summed E-state index contributed by atoms with van der Waals surface area (Å²) in [6, 6.07) is 8.45. The first-order valence-corrected chi connectivity index (χ1v) is 8.81. The number of carbonyl (C=O) groups excluding carboxylic acids is 1. The van der Waals surface area contributed by atoms with Crippen LogP contribution < -0.4 is 21.1 Å². The number of aryl methyl sites for hydroxylation is 1. The van der Waals surface area contributed by atoms with E-state index in [4.69, 9.17) is 4.74 Å². The van der Waals surface area contributed by atoms with Gasteiger partial charge in [-0.2, -0.15) is 0 Å². The number of hydrogen-bond acceptors (Lipinski definition) is 6. The molecule has 2 fully saturated rings. The first-order valence-electron chi connectivity index (χ1n) is 8.81. The van der Waals surface area contributed by atoms with Crippen LogP contribution in [0.2, 0.25) is 0 Å². The van der Waals surface area contributed by atoms with Crippen LogP contribution in [-0.4, -0.2) is 49.6 Å². The van der Waals surface area contributed by atoms with Gasteiger partial charge in [0.2, 0.25) is 0 Å². The molecule has 4 rings (SSSR count). The summed E-state index contributed by atoms with van der Waals surface area (Å²) in [4.78, 5) is 14.9. The van der Waals surface area contributed by atoms with Crippen LogP contribution in [0.5, 0.6) is 0 Å². The van der Waals surface area contributed by atoms with E-state index in [0.717, 1.165) is 30.6 Å². The highest BCUT2D eigenvalue weighted by atomic mass is 16.5. The van der Waals surface area contributed by atoms with Crippen molar-refractivity contribution in [1.29, 1.82) is 0 Å². The Morgan fingerprint density at radius 1 is 1.32 bits per heavy atom. The molecule has 134 valence electrons. The zero-order valence-corrected chi connectivity index (χ0v) is 14.7. The number of nitrogens with one attached hydrogen (secondary N) is 3. The molecule has 7 heteroatoms. The zero-order chi connectivity index (χ0) is 17.4. The third-order valence-corrected chi connectivity index (χ3v) is 5.19. The van der Waals surface area contributed by atoms with Crippen LogP contribution >= 0.6 is 0 Å². The molecule has 3 heterocycles. The summed E-state index contributed by atoms with van der Waals surface area (Å²) in [6.45, 7) is 3.71. The van der Waals surface area contributed by atoms with Crippen molar-refractivity contribution in [3.05, 3.63) is 41.6 Å². The number of carbonyl (C=O) groups is 1. The van der Waals surface area contributed by atoms with Gasteiger partial charge in [-0.05, 0) is 31.4 Å². The first kappa shape index (κ1) is 16.5. The van der Waals surface area contributed by atoms with Crippen molar-refractivity contribution in [1.82, 2.24) is 21.0 Å². The maximum Gasteiger partial charge on any atom is 0.254 e. The Hall–Kier alpha value is -1.93. The third kappa shape index (κ3) is 3.04. The average Bonchev–Trinajstić information content (AvgIpc) is 3.22. The highest BCUT2D eigenvalue weighted by Crippen LogP contribution is 2.26. The molecule has 3 aliphatic rings. The number of para-hydroxylation sites is 1. The van der Waals surface area contributed by atoms with Gasteiger partial charge in [0, 0.05) is 25.9 Å². The maximum atomic E-state index is 12.6. The van der Waals surface area contributed by atoms with Crippen LogP contribution in [-0.2, 0) is 9.53 Å². The van der Waals surface area contributed by atoms with E-state index in [1.165, 1.54) is 0 Å². The molecule has 0 aliphatic carbocycles. The molecule has 2 unspecified atom stereocenters. The molecular weight excluding hydrogens is 318 g/mol. The highest BCUT2D eigenvalue weighted by Gasteiger charge is 2.41. The van der Waals surface area contributed by atoms with Gasteiger partial charge < -0.3 is 10.1 Å². The molecule has 0 spiro atoms. The third-order valence-electron chi connectivity index (χ3n) is 5.19. The molecule has 2 saturated heterocycles. The van der Waals surface area contributed by atoms with Crippen LogP contribution in [0.4, 0.5) is 5.69 Å². The SMILES string of the molecule is COC[C@H]1CCCN1C1NC(=O)C2=CN(c3ccccc3C)NC2N1. The van der Waals surface area contributed by atoms with Gasteiger partial charge in [-0.1, -0.05) is 18.2 Å². The molecule has 3 aliphatic heterocycles. The van der Waals surface area contributed by atoms with Crippen LogP contribution in [0.1, 0.15) is 18.4 Å². The molecule has 1 aromatic rings. The predicted molar refractivity (Wildman–Crippen MR) is 95.3 cm³/mol. The van der Waals surface area contributed by atoms with E-state index in [9.17, 15) is 4.79 Å². The van der Waals surface area contributed by atoms with Crippen molar-refractivity contribution < 1.29 is 9.53 Å². The number of rotatable bonds is 4. The van der Waals surface area contributed by atoms with E-state index in [2.05, 4.69) is 33.9 Å². The van der Waals surface area contributed by atoms with Crippen LogP contribution in [0.25, 0.3) is 0 Å². The minimum Gasteiger partial charge on any atom is -0.383 e. The molecule has 0 saturated carbocycles. The standard InChI is InChI=1S/C18H25N5O2/c1-12-6-3-4-8-15(12)23-10-14-16(21-23)19-18(20-17(14)24)22-9-5-7-13(22)11-25-2/h3-4,6,8,10,13,16,18-19,21H,5,7,9,11H2,1-2H3,(H,20,24)/t13-,16?,18?/m1/s1. The van der Waals surface area contributed by atoms with Crippen molar-refractivity contribution in [3.63, 3.8) is 0 Å². The lowest BCUT2D eigenvalue weighted by Gasteiger charge is -2.39. The number of methoxy groups -OCH3 is 1. The summed E-state index contributed by atoms with van der Waals surface area (Å²) in [5.74, 6) is -0.0274. The first-order chi connectivity index (χ1) is 12.2. The van der Waals surface area contributed by atoms with E-state index in [1.54, 1.807) is 7.11 Å². The number of nitrogens with zero attached hydrogens (tertiary/aromatic N) is 2. The zero-order valence-electron chi connectivity index (χ0n) is 14.7. The fraction of sp³-hybridized carbons (Fsp3) is 0.500. The molecule has 0 aromatic heterocycles. The topological polar surface area (TPSA) is 68.9 Å². The Morgan fingerprint density at radius 3 is 2.96 bits per heavy atom. The van der Waals surface area contributed by atoms with Gasteiger partial charge in [0.25, 0.3) is 5.91 Å². The lowest BCUT2D eigenvalue weighted by atomic mass is 10.1. The summed E-state index contributed by atoms with van der Waals surface area (Å²) >= 11 is 0. The molecule has 1 aromatic carbocycles. The second kappa shape index (κ2) is 6.76. The Morgan fingerprint density at radius 2 is 2.16 bits per heavy atom. The highest BCUT2D eigenvalue weighted by molar-refractivity contribution is 5.96. The average molecular weight is 343 g/mol. The summed E-state index contributed by atoms with van der Waals surface area (Å²) < 4.78 is 5.33. The number of hydrazine groups is 1. The number of benzene rings is 1. The smallest absolute Gasteiger partial charge is 0.254 e. The minimum atomic E-state index is -0.192. The molecule has 0 radical (unpaired) electrons. The largest absolute Gasteiger partial charge is 0.383 e. The Kier molecular flexibility index (Phi) is 4.47. The van der Waals surface area contributed by atoms with Gasteiger partial charge in [0.15, 0.2) is 0 Å².